The highest BCUT2D eigenvalue weighted by Crippen LogP contribution is 2.34. The molecule has 6 nitrogen and oxygen atoms in total. The fraction of sp³-hybridized carbons (Fsp3) is 0.550. The van der Waals surface area contributed by atoms with Crippen molar-refractivity contribution in [3.63, 3.8) is 0 Å². The number of amides is 2. The van der Waals surface area contributed by atoms with Crippen molar-refractivity contribution in [2.75, 3.05) is 13.6 Å². The van der Waals surface area contributed by atoms with Gasteiger partial charge in [0.2, 0.25) is 5.91 Å². The zero-order chi connectivity index (χ0) is 18.7. The number of carboxylic acids is 1. The molecule has 6 heteroatoms. The molecule has 1 aromatic carbocycles. The summed E-state index contributed by atoms with van der Waals surface area (Å²) >= 11 is 0. The van der Waals surface area contributed by atoms with E-state index >= 15 is 0 Å². The number of hydrogen-bond donors (Lipinski definition) is 2. The van der Waals surface area contributed by atoms with Crippen LogP contribution in [0.4, 0.5) is 0 Å². The second kappa shape index (κ2) is 7.89. The van der Waals surface area contributed by atoms with Crippen molar-refractivity contribution in [2.45, 2.75) is 50.5 Å². The molecule has 1 heterocycles. The highest BCUT2D eigenvalue weighted by Gasteiger charge is 2.38. The van der Waals surface area contributed by atoms with Crippen LogP contribution < -0.4 is 5.32 Å². The zero-order valence-electron chi connectivity index (χ0n) is 15.1. The summed E-state index contributed by atoms with van der Waals surface area (Å²) in [5.41, 5.74) is 1.67. The fourth-order valence-corrected chi connectivity index (χ4v) is 4.22. The quantitative estimate of drug-likeness (QED) is 0.865. The SMILES string of the molecule is CNC(=O)[C@H]1CC[C@@H](C(=O)O)N(C(=O)c2cccc(C3CCCC3)c2)C1. The number of likely N-dealkylation sites (tertiary alicyclic amines) is 1. The number of benzene rings is 1. The molecule has 2 aliphatic rings. The number of nitrogens with one attached hydrogen (secondary N) is 1. The average Bonchev–Trinajstić information content (AvgIpc) is 3.21. The van der Waals surface area contributed by atoms with E-state index in [1.807, 2.05) is 18.2 Å². The van der Waals surface area contributed by atoms with Gasteiger partial charge in [0.25, 0.3) is 5.91 Å². The maximum Gasteiger partial charge on any atom is 0.326 e. The first-order valence-electron chi connectivity index (χ1n) is 9.36. The minimum absolute atomic E-state index is 0.142. The molecular weight excluding hydrogens is 332 g/mol. The van der Waals surface area contributed by atoms with Crippen molar-refractivity contribution >= 4 is 17.8 Å². The second-order valence-electron chi connectivity index (χ2n) is 7.31. The summed E-state index contributed by atoms with van der Waals surface area (Å²) in [6.45, 7) is 0.142. The first-order valence-corrected chi connectivity index (χ1v) is 9.36. The Kier molecular flexibility index (Phi) is 5.59. The number of rotatable bonds is 4. The Hall–Kier alpha value is -2.37. The highest BCUT2D eigenvalue weighted by atomic mass is 16.4. The second-order valence-corrected chi connectivity index (χ2v) is 7.31. The van der Waals surface area contributed by atoms with Crippen LogP contribution in [-0.4, -0.2) is 47.4 Å². The molecule has 0 unspecified atom stereocenters. The molecule has 1 aliphatic carbocycles. The molecule has 1 aliphatic heterocycles. The molecule has 1 aromatic rings. The van der Waals surface area contributed by atoms with Gasteiger partial charge in [0.05, 0.1) is 5.92 Å². The van der Waals surface area contributed by atoms with Gasteiger partial charge in [-0.2, -0.15) is 0 Å². The molecule has 0 bridgehead atoms. The van der Waals surface area contributed by atoms with Crippen LogP contribution in [0.5, 0.6) is 0 Å². The van der Waals surface area contributed by atoms with Gasteiger partial charge >= 0.3 is 5.97 Å². The summed E-state index contributed by atoms with van der Waals surface area (Å²) in [4.78, 5) is 38.0. The lowest BCUT2D eigenvalue weighted by Gasteiger charge is -2.36. The van der Waals surface area contributed by atoms with Crippen LogP contribution in [0.3, 0.4) is 0 Å². The minimum Gasteiger partial charge on any atom is -0.480 e. The number of carboxylic acid groups (broad SMARTS) is 1. The summed E-state index contributed by atoms with van der Waals surface area (Å²) in [6.07, 6.45) is 5.47. The molecule has 1 saturated carbocycles. The largest absolute Gasteiger partial charge is 0.480 e. The van der Waals surface area contributed by atoms with Crippen molar-refractivity contribution in [3.05, 3.63) is 35.4 Å². The third kappa shape index (κ3) is 3.74. The molecule has 2 N–H and O–H groups in total. The lowest BCUT2D eigenvalue weighted by molar-refractivity contribution is -0.145. The Labute approximate surface area is 153 Å². The molecule has 26 heavy (non-hydrogen) atoms. The van der Waals surface area contributed by atoms with Gasteiger partial charge in [-0.05, 0) is 49.3 Å². The molecule has 3 rings (SSSR count). The van der Waals surface area contributed by atoms with E-state index in [9.17, 15) is 19.5 Å². The van der Waals surface area contributed by atoms with E-state index in [0.29, 0.717) is 24.3 Å². The van der Waals surface area contributed by atoms with E-state index in [4.69, 9.17) is 0 Å². The normalized spacial score (nSPS) is 23.7. The molecule has 0 aromatic heterocycles. The van der Waals surface area contributed by atoms with Gasteiger partial charge in [0, 0.05) is 19.2 Å². The highest BCUT2D eigenvalue weighted by molar-refractivity contribution is 5.97. The molecule has 140 valence electrons. The number of nitrogens with zero attached hydrogens (tertiary/aromatic N) is 1. The molecule has 0 spiro atoms. The monoisotopic (exact) mass is 358 g/mol. The van der Waals surface area contributed by atoms with E-state index < -0.39 is 12.0 Å². The number of aliphatic carboxylic acids is 1. The third-order valence-corrected chi connectivity index (χ3v) is 5.71. The third-order valence-electron chi connectivity index (χ3n) is 5.71. The van der Waals surface area contributed by atoms with Gasteiger partial charge in [-0.15, -0.1) is 0 Å². The predicted molar refractivity (Wildman–Crippen MR) is 96.9 cm³/mol. The summed E-state index contributed by atoms with van der Waals surface area (Å²) in [5.74, 6) is -1.34. The Morgan fingerprint density at radius 3 is 2.50 bits per heavy atom. The lowest BCUT2D eigenvalue weighted by Crippen LogP contribution is -2.53. The Balaban J connectivity index is 1.83. The molecule has 1 saturated heterocycles. The molecule has 2 fully saturated rings. The molecule has 0 radical (unpaired) electrons. The summed E-state index contributed by atoms with van der Waals surface area (Å²) in [5, 5.41) is 12.1. The molecular formula is C20H26N2O4. The van der Waals surface area contributed by atoms with Crippen LogP contribution in [-0.2, 0) is 9.59 Å². The number of hydrogen-bond acceptors (Lipinski definition) is 3. The van der Waals surface area contributed by atoms with Crippen LogP contribution in [0.1, 0.15) is 60.4 Å². The smallest absolute Gasteiger partial charge is 0.326 e. The zero-order valence-corrected chi connectivity index (χ0v) is 15.1. The fourth-order valence-electron chi connectivity index (χ4n) is 4.22. The van der Waals surface area contributed by atoms with Crippen molar-refractivity contribution in [3.8, 4) is 0 Å². The summed E-state index contributed by atoms with van der Waals surface area (Å²) in [7, 11) is 1.56. The standard InChI is InChI=1S/C20H26N2O4/c1-21-18(23)16-9-10-17(20(25)26)22(12-16)19(24)15-8-4-7-14(11-15)13-5-2-3-6-13/h4,7-8,11,13,16-17H,2-3,5-6,9-10,12H2,1H3,(H,21,23)(H,25,26)/t16-,17-/m0/s1. The van der Waals surface area contributed by atoms with Crippen LogP contribution in [0, 0.1) is 5.92 Å². The van der Waals surface area contributed by atoms with Gasteiger partial charge in [-0.1, -0.05) is 25.0 Å². The molecule has 2 amide bonds. The van der Waals surface area contributed by atoms with Crippen molar-refractivity contribution in [1.29, 1.82) is 0 Å². The van der Waals surface area contributed by atoms with Crippen LogP contribution >= 0.6 is 0 Å². The van der Waals surface area contributed by atoms with E-state index in [-0.39, 0.29) is 24.3 Å². The summed E-state index contributed by atoms with van der Waals surface area (Å²) < 4.78 is 0. The molecule has 2 atom stereocenters. The van der Waals surface area contributed by atoms with Gasteiger partial charge in [-0.25, -0.2) is 4.79 Å². The Morgan fingerprint density at radius 1 is 1.12 bits per heavy atom. The van der Waals surface area contributed by atoms with Crippen LogP contribution in [0.25, 0.3) is 0 Å². The maximum absolute atomic E-state index is 13.1. The number of carbonyl (C=O) groups is 3. The lowest BCUT2D eigenvalue weighted by atomic mass is 9.90. The number of carbonyl (C=O) groups excluding carboxylic acids is 2. The Morgan fingerprint density at radius 2 is 1.85 bits per heavy atom. The van der Waals surface area contributed by atoms with Crippen molar-refractivity contribution < 1.29 is 19.5 Å². The minimum atomic E-state index is -1.01. The summed E-state index contributed by atoms with van der Waals surface area (Å²) in [6, 6.07) is 6.68. The number of piperidine rings is 1. The van der Waals surface area contributed by atoms with Crippen LogP contribution in [0.2, 0.25) is 0 Å². The Bertz CT molecular complexity index is 697. The van der Waals surface area contributed by atoms with Gasteiger partial charge in [-0.3, -0.25) is 9.59 Å². The van der Waals surface area contributed by atoms with Gasteiger partial charge < -0.3 is 15.3 Å². The van der Waals surface area contributed by atoms with Crippen molar-refractivity contribution in [2.24, 2.45) is 5.92 Å². The first kappa shape index (κ1) is 18.4. The van der Waals surface area contributed by atoms with E-state index in [0.717, 1.165) is 18.4 Å². The van der Waals surface area contributed by atoms with Crippen molar-refractivity contribution in [1.82, 2.24) is 10.2 Å². The average molecular weight is 358 g/mol. The van der Waals surface area contributed by atoms with E-state index in [1.165, 1.54) is 17.7 Å². The maximum atomic E-state index is 13.1. The van der Waals surface area contributed by atoms with Gasteiger partial charge in [0.15, 0.2) is 0 Å². The topological polar surface area (TPSA) is 86.7 Å². The predicted octanol–water partition coefficient (Wildman–Crippen LogP) is 2.40. The van der Waals surface area contributed by atoms with E-state index in [1.54, 1.807) is 13.1 Å². The first-order chi connectivity index (χ1) is 12.5. The van der Waals surface area contributed by atoms with Crippen LogP contribution in [0.15, 0.2) is 24.3 Å². The van der Waals surface area contributed by atoms with E-state index in [2.05, 4.69) is 5.32 Å². The van der Waals surface area contributed by atoms with Gasteiger partial charge in [0.1, 0.15) is 6.04 Å².